The summed E-state index contributed by atoms with van der Waals surface area (Å²) in [5, 5.41) is 3.11. The molecule has 0 amide bonds. The maximum atomic E-state index is 5.70. The van der Waals surface area contributed by atoms with Crippen molar-refractivity contribution >= 4 is 5.82 Å². The van der Waals surface area contributed by atoms with E-state index in [0.29, 0.717) is 30.0 Å². The second-order valence-corrected chi connectivity index (χ2v) is 4.13. The highest BCUT2D eigenvalue weighted by Gasteiger charge is 2.19. The molecule has 1 aromatic heterocycles. The molecule has 6 nitrogen and oxygen atoms in total. The Balaban J connectivity index is 2.03. The fraction of sp³-hybridized carbons (Fsp3) is 0.667. The number of ether oxygens (including phenoxy) is 3. The number of hydrogen-bond acceptors (Lipinski definition) is 6. The van der Waals surface area contributed by atoms with Gasteiger partial charge in [0.15, 0.2) is 5.82 Å². The van der Waals surface area contributed by atoms with Gasteiger partial charge in [-0.3, -0.25) is 0 Å². The third-order valence-electron chi connectivity index (χ3n) is 2.80. The first-order valence-corrected chi connectivity index (χ1v) is 6.18. The molecule has 6 heteroatoms. The first-order chi connectivity index (χ1) is 8.85. The van der Waals surface area contributed by atoms with Gasteiger partial charge in [0.1, 0.15) is 6.33 Å². The van der Waals surface area contributed by atoms with Gasteiger partial charge in [-0.25, -0.2) is 4.98 Å². The van der Waals surface area contributed by atoms with E-state index in [0.717, 1.165) is 26.2 Å². The van der Waals surface area contributed by atoms with Crippen LogP contribution in [0.25, 0.3) is 0 Å². The van der Waals surface area contributed by atoms with Gasteiger partial charge in [0.2, 0.25) is 5.75 Å². The molecule has 0 bridgehead atoms. The lowest BCUT2D eigenvalue weighted by Gasteiger charge is -2.14. The average Bonchev–Trinajstić information content (AvgIpc) is 2.90. The first kappa shape index (κ1) is 12.9. The zero-order chi connectivity index (χ0) is 12.8. The third-order valence-corrected chi connectivity index (χ3v) is 2.80. The standard InChI is InChI=1S/C12H19N3O3/c1-3-13-11-10(16-2)12(15-8-14-11)18-7-9-4-5-17-6-9/h8-9H,3-7H2,1-2H3,(H,13,14,15). The van der Waals surface area contributed by atoms with Crippen LogP contribution >= 0.6 is 0 Å². The van der Waals surface area contributed by atoms with Crippen molar-refractivity contribution in [2.45, 2.75) is 13.3 Å². The van der Waals surface area contributed by atoms with E-state index in [4.69, 9.17) is 14.2 Å². The predicted molar refractivity (Wildman–Crippen MR) is 67.2 cm³/mol. The quantitative estimate of drug-likeness (QED) is 0.825. The fourth-order valence-electron chi connectivity index (χ4n) is 1.85. The highest BCUT2D eigenvalue weighted by atomic mass is 16.5. The predicted octanol–water partition coefficient (Wildman–Crippen LogP) is 1.33. The number of hydrogen-bond donors (Lipinski definition) is 1. The Kier molecular flexibility index (Phi) is 4.58. The van der Waals surface area contributed by atoms with Crippen molar-refractivity contribution in [2.24, 2.45) is 5.92 Å². The molecule has 18 heavy (non-hydrogen) atoms. The normalized spacial score (nSPS) is 18.7. The topological polar surface area (TPSA) is 65.5 Å². The van der Waals surface area contributed by atoms with Crippen molar-refractivity contribution in [1.29, 1.82) is 0 Å². The largest absolute Gasteiger partial charge is 0.489 e. The lowest BCUT2D eigenvalue weighted by atomic mass is 10.1. The van der Waals surface area contributed by atoms with E-state index in [1.807, 2.05) is 6.92 Å². The van der Waals surface area contributed by atoms with Crippen molar-refractivity contribution in [3.8, 4) is 11.6 Å². The minimum atomic E-state index is 0.437. The zero-order valence-corrected chi connectivity index (χ0v) is 10.8. The van der Waals surface area contributed by atoms with E-state index in [2.05, 4.69) is 15.3 Å². The summed E-state index contributed by atoms with van der Waals surface area (Å²) in [4.78, 5) is 8.24. The van der Waals surface area contributed by atoms with Gasteiger partial charge in [0.05, 0.1) is 20.3 Å². The van der Waals surface area contributed by atoms with Crippen LogP contribution in [-0.4, -0.2) is 43.4 Å². The molecule has 1 fully saturated rings. The Morgan fingerprint density at radius 2 is 2.39 bits per heavy atom. The van der Waals surface area contributed by atoms with Crippen LogP contribution in [0.15, 0.2) is 6.33 Å². The van der Waals surface area contributed by atoms with Crippen LogP contribution in [0.2, 0.25) is 0 Å². The number of rotatable bonds is 6. The van der Waals surface area contributed by atoms with E-state index >= 15 is 0 Å². The Hall–Kier alpha value is -1.56. The maximum Gasteiger partial charge on any atom is 0.262 e. The second kappa shape index (κ2) is 6.39. The summed E-state index contributed by atoms with van der Waals surface area (Å²) in [6, 6.07) is 0. The van der Waals surface area contributed by atoms with Crippen LogP contribution in [0.5, 0.6) is 11.6 Å². The lowest BCUT2D eigenvalue weighted by molar-refractivity contribution is 0.163. The Morgan fingerprint density at radius 3 is 3.06 bits per heavy atom. The molecule has 1 aliphatic rings. The van der Waals surface area contributed by atoms with E-state index < -0.39 is 0 Å². The van der Waals surface area contributed by atoms with Crippen LogP contribution in [0.4, 0.5) is 5.82 Å². The molecule has 2 heterocycles. The van der Waals surface area contributed by atoms with E-state index in [9.17, 15) is 0 Å². The van der Waals surface area contributed by atoms with Crippen LogP contribution in [0, 0.1) is 5.92 Å². The molecule has 1 saturated heterocycles. The number of nitrogens with zero attached hydrogens (tertiary/aromatic N) is 2. The van der Waals surface area contributed by atoms with Crippen molar-refractivity contribution < 1.29 is 14.2 Å². The molecule has 100 valence electrons. The van der Waals surface area contributed by atoms with Gasteiger partial charge in [-0.05, 0) is 13.3 Å². The average molecular weight is 253 g/mol. The van der Waals surface area contributed by atoms with Gasteiger partial charge in [0.25, 0.3) is 5.88 Å². The Labute approximate surface area is 107 Å². The summed E-state index contributed by atoms with van der Waals surface area (Å²) in [7, 11) is 1.59. The minimum Gasteiger partial charge on any atom is -0.489 e. The maximum absolute atomic E-state index is 5.70. The first-order valence-electron chi connectivity index (χ1n) is 6.18. The van der Waals surface area contributed by atoms with Crippen molar-refractivity contribution in [3.63, 3.8) is 0 Å². The highest BCUT2D eigenvalue weighted by molar-refractivity contribution is 5.54. The van der Waals surface area contributed by atoms with Crippen LogP contribution in [-0.2, 0) is 4.74 Å². The molecular weight excluding hydrogens is 234 g/mol. The van der Waals surface area contributed by atoms with Crippen LogP contribution in [0.1, 0.15) is 13.3 Å². The Bertz CT molecular complexity index is 381. The molecule has 0 spiro atoms. The van der Waals surface area contributed by atoms with Gasteiger partial charge >= 0.3 is 0 Å². The molecule has 2 rings (SSSR count). The summed E-state index contributed by atoms with van der Waals surface area (Å²) in [5.41, 5.74) is 0. The molecule has 0 saturated carbocycles. The SMILES string of the molecule is CCNc1ncnc(OCC2CCOC2)c1OC. The van der Waals surface area contributed by atoms with Crippen molar-refractivity contribution in [1.82, 2.24) is 9.97 Å². The summed E-state index contributed by atoms with van der Waals surface area (Å²) < 4.78 is 16.3. The molecule has 0 radical (unpaired) electrons. The number of aromatic nitrogens is 2. The smallest absolute Gasteiger partial charge is 0.262 e. The Morgan fingerprint density at radius 1 is 1.50 bits per heavy atom. The summed E-state index contributed by atoms with van der Waals surface area (Å²) in [6.07, 6.45) is 2.51. The van der Waals surface area contributed by atoms with Gasteiger partial charge in [0, 0.05) is 19.1 Å². The molecule has 1 N–H and O–H groups in total. The number of nitrogens with one attached hydrogen (secondary N) is 1. The van der Waals surface area contributed by atoms with Crippen LogP contribution < -0.4 is 14.8 Å². The molecule has 0 aliphatic carbocycles. The molecule has 1 aromatic rings. The third kappa shape index (κ3) is 3.01. The monoisotopic (exact) mass is 253 g/mol. The van der Waals surface area contributed by atoms with Crippen LogP contribution in [0.3, 0.4) is 0 Å². The lowest BCUT2D eigenvalue weighted by Crippen LogP contribution is -2.13. The van der Waals surface area contributed by atoms with Crippen molar-refractivity contribution in [3.05, 3.63) is 6.33 Å². The van der Waals surface area contributed by atoms with E-state index in [-0.39, 0.29) is 0 Å². The van der Waals surface area contributed by atoms with Crippen molar-refractivity contribution in [2.75, 3.05) is 38.8 Å². The van der Waals surface area contributed by atoms with Gasteiger partial charge in [-0.15, -0.1) is 0 Å². The van der Waals surface area contributed by atoms with E-state index in [1.54, 1.807) is 7.11 Å². The molecule has 1 unspecified atom stereocenters. The highest BCUT2D eigenvalue weighted by Crippen LogP contribution is 2.31. The zero-order valence-electron chi connectivity index (χ0n) is 10.8. The van der Waals surface area contributed by atoms with Gasteiger partial charge in [-0.1, -0.05) is 0 Å². The number of methoxy groups -OCH3 is 1. The summed E-state index contributed by atoms with van der Waals surface area (Å²) in [5.74, 6) is 2.13. The van der Waals surface area contributed by atoms with E-state index in [1.165, 1.54) is 6.33 Å². The van der Waals surface area contributed by atoms with Gasteiger partial charge < -0.3 is 19.5 Å². The van der Waals surface area contributed by atoms with Gasteiger partial charge in [-0.2, -0.15) is 4.98 Å². The number of anilines is 1. The summed E-state index contributed by atoms with van der Waals surface area (Å²) in [6.45, 7) is 4.94. The fourth-order valence-corrected chi connectivity index (χ4v) is 1.85. The second-order valence-electron chi connectivity index (χ2n) is 4.13. The molecular formula is C12H19N3O3. The molecule has 0 aromatic carbocycles. The molecule has 1 atom stereocenters. The molecule has 1 aliphatic heterocycles. The summed E-state index contributed by atoms with van der Waals surface area (Å²) >= 11 is 0. The minimum absolute atomic E-state index is 0.437.